The zero-order valence-corrected chi connectivity index (χ0v) is 9.32. The Labute approximate surface area is 92.6 Å². The first kappa shape index (κ1) is 12.4. The van der Waals surface area contributed by atoms with E-state index < -0.39 is 15.1 Å². The van der Waals surface area contributed by atoms with Gasteiger partial charge in [0.15, 0.2) is 5.03 Å². The standard InChI is InChI=1S/C8H11N3O4S/c1-2-9-16(14,15)8-6-4-3-5-7(8)10-11(12)13/h3-6,9-10H,2H2,1H3. The van der Waals surface area contributed by atoms with Crippen LogP contribution in [0, 0.1) is 10.1 Å². The topological polar surface area (TPSA) is 101 Å². The minimum atomic E-state index is -3.70. The van der Waals surface area contributed by atoms with E-state index in [1.165, 1.54) is 24.3 Å². The van der Waals surface area contributed by atoms with Crippen LogP contribution in [-0.2, 0) is 10.0 Å². The van der Waals surface area contributed by atoms with E-state index in [4.69, 9.17) is 0 Å². The molecule has 16 heavy (non-hydrogen) atoms. The van der Waals surface area contributed by atoms with Crippen LogP contribution in [0.15, 0.2) is 29.2 Å². The van der Waals surface area contributed by atoms with Crippen molar-refractivity contribution in [3.05, 3.63) is 34.4 Å². The fourth-order valence-electron chi connectivity index (χ4n) is 1.16. The van der Waals surface area contributed by atoms with Crippen LogP contribution >= 0.6 is 0 Å². The number of hydrogen-bond acceptors (Lipinski definition) is 4. The third-order valence-electron chi connectivity index (χ3n) is 1.72. The quantitative estimate of drug-likeness (QED) is 0.584. The van der Waals surface area contributed by atoms with Gasteiger partial charge in [-0.1, -0.05) is 19.1 Å². The highest BCUT2D eigenvalue weighted by molar-refractivity contribution is 7.89. The van der Waals surface area contributed by atoms with Crippen LogP contribution in [0.2, 0.25) is 0 Å². The molecule has 1 rings (SSSR count). The summed E-state index contributed by atoms with van der Waals surface area (Å²) in [7, 11) is -3.70. The molecule has 0 saturated carbocycles. The zero-order valence-electron chi connectivity index (χ0n) is 8.50. The molecule has 2 N–H and O–H groups in total. The number of hydrogen-bond donors (Lipinski definition) is 2. The van der Waals surface area contributed by atoms with E-state index in [9.17, 15) is 18.5 Å². The van der Waals surface area contributed by atoms with Crippen molar-refractivity contribution < 1.29 is 13.5 Å². The number of anilines is 1. The normalized spacial score (nSPS) is 11.1. The third kappa shape index (κ3) is 2.91. The van der Waals surface area contributed by atoms with Crippen molar-refractivity contribution in [2.75, 3.05) is 12.0 Å². The molecule has 88 valence electrons. The number of benzene rings is 1. The predicted molar refractivity (Wildman–Crippen MR) is 57.9 cm³/mol. The Morgan fingerprint density at radius 2 is 2.00 bits per heavy atom. The van der Waals surface area contributed by atoms with E-state index >= 15 is 0 Å². The van der Waals surface area contributed by atoms with Gasteiger partial charge in [-0.25, -0.2) is 23.3 Å². The molecule has 0 unspecified atom stereocenters. The number of rotatable bonds is 5. The van der Waals surface area contributed by atoms with Crippen LogP contribution in [0.1, 0.15) is 6.92 Å². The molecule has 7 nitrogen and oxygen atoms in total. The highest BCUT2D eigenvalue weighted by Crippen LogP contribution is 2.20. The van der Waals surface area contributed by atoms with E-state index in [1.54, 1.807) is 6.92 Å². The molecule has 0 aliphatic rings. The molecule has 0 spiro atoms. The molecule has 0 saturated heterocycles. The summed E-state index contributed by atoms with van der Waals surface area (Å²) in [6.07, 6.45) is 0. The SMILES string of the molecule is CCNS(=O)(=O)c1ccccc1N[N+](=O)[O-]. The van der Waals surface area contributed by atoms with Gasteiger partial charge in [-0.3, -0.25) is 0 Å². The van der Waals surface area contributed by atoms with Gasteiger partial charge in [0.1, 0.15) is 10.6 Å². The van der Waals surface area contributed by atoms with Crippen molar-refractivity contribution in [2.24, 2.45) is 0 Å². The maximum Gasteiger partial charge on any atom is 0.242 e. The lowest BCUT2D eigenvalue weighted by Crippen LogP contribution is -2.24. The summed E-state index contributed by atoms with van der Waals surface area (Å²) in [5.74, 6) is 0. The molecule has 0 heterocycles. The third-order valence-corrected chi connectivity index (χ3v) is 3.33. The number of nitrogens with zero attached hydrogens (tertiary/aromatic N) is 1. The van der Waals surface area contributed by atoms with Gasteiger partial charge >= 0.3 is 0 Å². The Bertz CT molecular complexity index is 486. The number of nitro groups is 1. The fraction of sp³-hybridized carbons (Fsp3) is 0.250. The molecule has 0 atom stereocenters. The lowest BCUT2D eigenvalue weighted by Gasteiger charge is -2.07. The van der Waals surface area contributed by atoms with Crippen LogP contribution in [0.3, 0.4) is 0 Å². The Morgan fingerprint density at radius 3 is 2.56 bits per heavy atom. The van der Waals surface area contributed by atoms with Crippen LogP contribution < -0.4 is 10.1 Å². The Kier molecular flexibility index (Phi) is 3.80. The summed E-state index contributed by atoms with van der Waals surface area (Å²) in [6.45, 7) is 1.84. The number of nitrogens with one attached hydrogen (secondary N) is 2. The molecule has 0 amide bonds. The number of hydrazine groups is 1. The van der Waals surface area contributed by atoms with Crippen LogP contribution in [0.25, 0.3) is 0 Å². The molecular weight excluding hydrogens is 234 g/mol. The minimum absolute atomic E-state index is 0.0616. The van der Waals surface area contributed by atoms with Gasteiger partial charge in [-0.15, -0.1) is 5.43 Å². The van der Waals surface area contributed by atoms with E-state index in [0.717, 1.165) is 0 Å². The molecule has 0 fully saturated rings. The average molecular weight is 245 g/mol. The highest BCUT2D eigenvalue weighted by Gasteiger charge is 2.18. The maximum absolute atomic E-state index is 11.7. The number of sulfonamides is 1. The highest BCUT2D eigenvalue weighted by atomic mass is 32.2. The molecule has 1 aromatic carbocycles. The average Bonchev–Trinajstić information content (AvgIpc) is 2.17. The van der Waals surface area contributed by atoms with Crippen molar-refractivity contribution in [3.8, 4) is 0 Å². The van der Waals surface area contributed by atoms with Gasteiger partial charge in [-0.05, 0) is 12.1 Å². The molecular formula is C8H11N3O4S. The minimum Gasteiger partial charge on any atom is -0.235 e. The Hall–Kier alpha value is -1.67. The van der Waals surface area contributed by atoms with E-state index in [2.05, 4.69) is 4.72 Å². The Balaban J connectivity index is 3.18. The molecule has 1 aromatic rings. The maximum atomic E-state index is 11.7. The van der Waals surface area contributed by atoms with E-state index in [1.807, 2.05) is 5.43 Å². The second-order valence-corrected chi connectivity index (χ2v) is 4.60. The van der Waals surface area contributed by atoms with Crippen molar-refractivity contribution in [3.63, 3.8) is 0 Å². The van der Waals surface area contributed by atoms with Gasteiger partial charge in [0.25, 0.3) is 0 Å². The van der Waals surface area contributed by atoms with Crippen molar-refractivity contribution in [1.29, 1.82) is 0 Å². The van der Waals surface area contributed by atoms with Crippen molar-refractivity contribution in [1.82, 2.24) is 4.72 Å². The van der Waals surface area contributed by atoms with E-state index in [0.29, 0.717) is 0 Å². The van der Waals surface area contributed by atoms with Crippen LogP contribution in [-0.4, -0.2) is 20.0 Å². The first-order chi connectivity index (χ1) is 7.47. The van der Waals surface area contributed by atoms with Crippen LogP contribution in [0.4, 0.5) is 5.69 Å². The predicted octanol–water partition coefficient (Wildman–Crippen LogP) is 0.588. The monoisotopic (exact) mass is 245 g/mol. The second kappa shape index (κ2) is 4.90. The van der Waals surface area contributed by atoms with Gasteiger partial charge < -0.3 is 0 Å². The summed E-state index contributed by atoms with van der Waals surface area (Å²) >= 11 is 0. The summed E-state index contributed by atoms with van der Waals surface area (Å²) in [6, 6.07) is 5.63. The summed E-state index contributed by atoms with van der Waals surface area (Å²) < 4.78 is 25.6. The lowest BCUT2D eigenvalue weighted by atomic mass is 10.3. The molecule has 0 aliphatic heterocycles. The van der Waals surface area contributed by atoms with Gasteiger partial charge in [0.05, 0.1) is 0 Å². The second-order valence-electron chi connectivity index (χ2n) is 2.87. The first-order valence-corrected chi connectivity index (χ1v) is 5.95. The molecule has 0 radical (unpaired) electrons. The molecule has 0 aliphatic carbocycles. The van der Waals surface area contributed by atoms with Crippen LogP contribution in [0.5, 0.6) is 0 Å². The van der Waals surface area contributed by atoms with Crippen molar-refractivity contribution in [2.45, 2.75) is 11.8 Å². The van der Waals surface area contributed by atoms with Gasteiger partial charge in [0.2, 0.25) is 10.0 Å². The summed E-state index contributed by atoms with van der Waals surface area (Å²) in [5, 5.41) is 9.48. The number of para-hydroxylation sites is 1. The van der Waals surface area contributed by atoms with Gasteiger partial charge in [0, 0.05) is 6.54 Å². The first-order valence-electron chi connectivity index (χ1n) is 4.47. The van der Waals surface area contributed by atoms with Crippen molar-refractivity contribution >= 4 is 15.7 Å². The molecule has 0 aromatic heterocycles. The lowest BCUT2D eigenvalue weighted by molar-refractivity contribution is -0.445. The smallest absolute Gasteiger partial charge is 0.235 e. The Morgan fingerprint density at radius 1 is 1.38 bits per heavy atom. The summed E-state index contributed by atoms with van der Waals surface area (Å²) in [4.78, 5) is 10.1. The zero-order chi connectivity index (χ0) is 12.2. The summed E-state index contributed by atoms with van der Waals surface area (Å²) in [5.41, 5.74) is 1.78. The fourth-order valence-corrected chi connectivity index (χ4v) is 2.36. The molecule has 0 bridgehead atoms. The van der Waals surface area contributed by atoms with Gasteiger partial charge in [-0.2, -0.15) is 0 Å². The molecule has 8 heteroatoms. The van der Waals surface area contributed by atoms with E-state index in [-0.39, 0.29) is 17.1 Å². The largest absolute Gasteiger partial charge is 0.242 e.